The first-order valence-corrected chi connectivity index (χ1v) is 6.82. The van der Waals surface area contributed by atoms with Gasteiger partial charge in [0.25, 0.3) is 0 Å². The maximum absolute atomic E-state index is 10.9. The predicted octanol–water partition coefficient (Wildman–Crippen LogP) is 0.493. The molecule has 0 saturated carbocycles. The Morgan fingerprint density at radius 2 is 1.95 bits per heavy atom. The van der Waals surface area contributed by atoms with Gasteiger partial charge in [-0.25, -0.2) is 0 Å². The van der Waals surface area contributed by atoms with Crippen LogP contribution in [0.4, 0.5) is 5.69 Å². The van der Waals surface area contributed by atoms with Gasteiger partial charge < -0.3 is 21.3 Å². The molecule has 1 saturated heterocycles. The summed E-state index contributed by atoms with van der Waals surface area (Å²) in [6.07, 6.45) is 1.12. The van der Waals surface area contributed by atoms with Gasteiger partial charge in [-0.05, 0) is 37.2 Å². The number of benzene rings is 1. The first kappa shape index (κ1) is 13.8. The van der Waals surface area contributed by atoms with Crippen LogP contribution in [0.2, 0.25) is 0 Å². The molecule has 5 nitrogen and oxygen atoms in total. The van der Waals surface area contributed by atoms with E-state index in [-0.39, 0.29) is 5.91 Å². The molecule has 0 aliphatic carbocycles. The van der Waals surface area contributed by atoms with Gasteiger partial charge in [0.1, 0.15) is 0 Å². The molecule has 1 aromatic carbocycles. The summed E-state index contributed by atoms with van der Waals surface area (Å²) < 4.78 is 0. The number of carbonyl (C=O) groups excluding carboxylic acids is 1. The Labute approximate surface area is 114 Å². The average molecular weight is 262 g/mol. The molecule has 19 heavy (non-hydrogen) atoms. The van der Waals surface area contributed by atoms with Crippen molar-refractivity contribution in [2.75, 3.05) is 44.6 Å². The minimum atomic E-state index is -0.384. The fourth-order valence-corrected chi connectivity index (χ4v) is 2.22. The van der Waals surface area contributed by atoms with Crippen molar-refractivity contribution in [3.63, 3.8) is 0 Å². The highest BCUT2D eigenvalue weighted by Crippen LogP contribution is 2.09. The summed E-state index contributed by atoms with van der Waals surface area (Å²) in [7, 11) is 0. The number of hydrogen-bond donors (Lipinski definition) is 3. The second kappa shape index (κ2) is 7.11. The van der Waals surface area contributed by atoms with Gasteiger partial charge in [0.15, 0.2) is 0 Å². The highest BCUT2D eigenvalue weighted by atomic mass is 16.1. The van der Waals surface area contributed by atoms with Gasteiger partial charge in [-0.3, -0.25) is 4.79 Å². The van der Waals surface area contributed by atoms with Crippen LogP contribution in [0.5, 0.6) is 0 Å². The Kier molecular flexibility index (Phi) is 5.18. The number of nitrogens with two attached hydrogens (primary N) is 1. The summed E-state index contributed by atoms with van der Waals surface area (Å²) in [4.78, 5) is 13.4. The van der Waals surface area contributed by atoms with Gasteiger partial charge in [-0.15, -0.1) is 0 Å². The number of piperazine rings is 1. The lowest BCUT2D eigenvalue weighted by atomic mass is 10.2. The van der Waals surface area contributed by atoms with Crippen LogP contribution in [0.25, 0.3) is 0 Å². The van der Waals surface area contributed by atoms with Crippen molar-refractivity contribution < 1.29 is 4.79 Å². The zero-order chi connectivity index (χ0) is 13.5. The SMILES string of the molecule is NC(=O)c1ccc(NCCCN2CCNCC2)cc1. The van der Waals surface area contributed by atoms with Crippen molar-refractivity contribution in [1.29, 1.82) is 0 Å². The van der Waals surface area contributed by atoms with Crippen molar-refractivity contribution >= 4 is 11.6 Å². The zero-order valence-corrected chi connectivity index (χ0v) is 11.2. The molecule has 4 N–H and O–H groups in total. The molecule has 1 fully saturated rings. The van der Waals surface area contributed by atoms with E-state index in [1.807, 2.05) is 12.1 Å². The van der Waals surface area contributed by atoms with Crippen molar-refractivity contribution in [2.24, 2.45) is 5.73 Å². The van der Waals surface area contributed by atoms with E-state index in [0.717, 1.165) is 51.4 Å². The molecular formula is C14H22N4O. The molecule has 5 heteroatoms. The van der Waals surface area contributed by atoms with Crippen LogP contribution in [0.1, 0.15) is 16.8 Å². The lowest BCUT2D eigenvalue weighted by Crippen LogP contribution is -2.44. The van der Waals surface area contributed by atoms with Crippen LogP contribution in [0.3, 0.4) is 0 Å². The van der Waals surface area contributed by atoms with Crippen molar-refractivity contribution in [1.82, 2.24) is 10.2 Å². The summed E-state index contributed by atoms with van der Waals surface area (Å²) in [6, 6.07) is 7.29. The first-order valence-electron chi connectivity index (χ1n) is 6.82. The maximum Gasteiger partial charge on any atom is 0.248 e. The van der Waals surface area contributed by atoms with E-state index in [1.165, 1.54) is 0 Å². The molecule has 104 valence electrons. The van der Waals surface area contributed by atoms with Crippen molar-refractivity contribution in [3.05, 3.63) is 29.8 Å². The van der Waals surface area contributed by atoms with Crippen LogP contribution in [0.15, 0.2) is 24.3 Å². The largest absolute Gasteiger partial charge is 0.385 e. The molecule has 0 spiro atoms. The summed E-state index contributed by atoms with van der Waals surface area (Å²) in [5, 5.41) is 6.71. The average Bonchev–Trinajstić information content (AvgIpc) is 2.45. The summed E-state index contributed by atoms with van der Waals surface area (Å²) >= 11 is 0. The Balaban J connectivity index is 1.66. The van der Waals surface area contributed by atoms with Crippen LogP contribution in [-0.2, 0) is 0 Å². The van der Waals surface area contributed by atoms with Crippen LogP contribution < -0.4 is 16.4 Å². The van der Waals surface area contributed by atoms with Crippen molar-refractivity contribution in [2.45, 2.75) is 6.42 Å². The molecule has 1 aromatic rings. The maximum atomic E-state index is 10.9. The van der Waals surface area contributed by atoms with E-state index in [2.05, 4.69) is 15.5 Å². The first-order chi connectivity index (χ1) is 9.25. The molecule has 1 amide bonds. The number of rotatable bonds is 6. The van der Waals surface area contributed by atoms with E-state index in [9.17, 15) is 4.79 Å². The topological polar surface area (TPSA) is 70.4 Å². The van der Waals surface area contributed by atoms with Gasteiger partial charge in [0.05, 0.1) is 0 Å². The molecule has 0 unspecified atom stereocenters. The Hall–Kier alpha value is -1.59. The normalized spacial score (nSPS) is 16.2. The van der Waals surface area contributed by atoms with Crippen LogP contribution in [0, 0.1) is 0 Å². The number of nitrogens with one attached hydrogen (secondary N) is 2. The minimum Gasteiger partial charge on any atom is -0.385 e. The summed E-state index contributed by atoms with van der Waals surface area (Å²) in [5.74, 6) is -0.384. The van der Waals surface area contributed by atoms with Crippen LogP contribution in [-0.4, -0.2) is 50.1 Å². The molecule has 0 bridgehead atoms. The van der Waals surface area contributed by atoms with Crippen molar-refractivity contribution in [3.8, 4) is 0 Å². The zero-order valence-electron chi connectivity index (χ0n) is 11.2. The van der Waals surface area contributed by atoms with Gasteiger partial charge in [0, 0.05) is 44.0 Å². The van der Waals surface area contributed by atoms with Gasteiger partial charge in [-0.1, -0.05) is 0 Å². The number of hydrogen-bond acceptors (Lipinski definition) is 4. The predicted molar refractivity (Wildman–Crippen MR) is 77.4 cm³/mol. The van der Waals surface area contributed by atoms with E-state index in [4.69, 9.17) is 5.73 Å². The summed E-state index contributed by atoms with van der Waals surface area (Å²) in [5.41, 5.74) is 6.78. The summed E-state index contributed by atoms with van der Waals surface area (Å²) in [6.45, 7) is 6.57. The molecule has 0 atom stereocenters. The Bertz CT molecular complexity index is 398. The lowest BCUT2D eigenvalue weighted by Gasteiger charge is -2.27. The second-order valence-corrected chi connectivity index (χ2v) is 4.81. The van der Waals surface area contributed by atoms with E-state index >= 15 is 0 Å². The van der Waals surface area contributed by atoms with E-state index in [1.54, 1.807) is 12.1 Å². The molecule has 1 aliphatic heterocycles. The van der Waals surface area contributed by atoms with E-state index < -0.39 is 0 Å². The standard InChI is InChI=1S/C14H22N4O/c15-14(19)12-2-4-13(5-3-12)17-6-1-9-18-10-7-16-8-11-18/h2-5,16-17H,1,6-11H2,(H2,15,19). The molecule has 0 radical (unpaired) electrons. The molecule has 1 heterocycles. The fourth-order valence-electron chi connectivity index (χ4n) is 2.22. The number of carbonyl (C=O) groups is 1. The number of nitrogens with zero attached hydrogens (tertiary/aromatic N) is 1. The molecule has 0 aromatic heterocycles. The second-order valence-electron chi connectivity index (χ2n) is 4.81. The molecular weight excluding hydrogens is 240 g/mol. The van der Waals surface area contributed by atoms with Gasteiger partial charge >= 0.3 is 0 Å². The smallest absolute Gasteiger partial charge is 0.248 e. The molecule has 2 rings (SSSR count). The Morgan fingerprint density at radius 3 is 2.58 bits per heavy atom. The Morgan fingerprint density at radius 1 is 1.26 bits per heavy atom. The molecule has 1 aliphatic rings. The highest BCUT2D eigenvalue weighted by Gasteiger charge is 2.08. The quantitative estimate of drug-likeness (QED) is 0.653. The third-order valence-electron chi connectivity index (χ3n) is 3.36. The third-order valence-corrected chi connectivity index (χ3v) is 3.36. The minimum absolute atomic E-state index is 0.384. The van der Waals surface area contributed by atoms with Gasteiger partial charge in [-0.2, -0.15) is 0 Å². The van der Waals surface area contributed by atoms with E-state index in [0.29, 0.717) is 5.56 Å². The van der Waals surface area contributed by atoms with Crippen LogP contribution >= 0.6 is 0 Å². The number of primary amides is 1. The number of amides is 1. The highest BCUT2D eigenvalue weighted by molar-refractivity contribution is 5.93. The monoisotopic (exact) mass is 262 g/mol. The number of anilines is 1. The third kappa shape index (κ3) is 4.54. The van der Waals surface area contributed by atoms with Gasteiger partial charge in [0.2, 0.25) is 5.91 Å². The lowest BCUT2D eigenvalue weighted by molar-refractivity contribution is 0.100. The fraction of sp³-hybridized carbons (Fsp3) is 0.500.